The van der Waals surface area contributed by atoms with Gasteiger partial charge in [0.1, 0.15) is 11.5 Å². The van der Waals surface area contributed by atoms with Crippen molar-refractivity contribution >= 4 is 34.1 Å². The number of amides is 1. The normalized spacial score (nSPS) is 14.3. The summed E-state index contributed by atoms with van der Waals surface area (Å²) in [5, 5.41) is 15.2. The molecule has 1 aromatic carbocycles. The lowest BCUT2D eigenvalue weighted by Crippen LogP contribution is -2.30. The van der Waals surface area contributed by atoms with Gasteiger partial charge in [0.2, 0.25) is 5.91 Å². The van der Waals surface area contributed by atoms with Crippen LogP contribution in [0.25, 0.3) is 33.4 Å². The predicted octanol–water partition coefficient (Wildman–Crippen LogP) is 3.85. The minimum absolute atomic E-state index is 0.166. The molecular weight excluding hydrogens is 433 g/mol. The molecule has 2 N–H and O–H groups in total. The van der Waals surface area contributed by atoms with Crippen LogP contribution in [0.3, 0.4) is 0 Å². The van der Waals surface area contributed by atoms with Gasteiger partial charge in [0, 0.05) is 29.9 Å². The van der Waals surface area contributed by atoms with Gasteiger partial charge >= 0.3 is 0 Å². The van der Waals surface area contributed by atoms with E-state index in [4.69, 9.17) is 11.6 Å². The number of benzene rings is 1. The molecule has 1 saturated heterocycles. The van der Waals surface area contributed by atoms with Crippen LogP contribution in [0.2, 0.25) is 5.02 Å². The molecule has 0 atom stereocenters. The summed E-state index contributed by atoms with van der Waals surface area (Å²) in [5.74, 6) is -0.749. The lowest BCUT2D eigenvalue weighted by Gasteiger charge is -2.15. The van der Waals surface area contributed by atoms with Crippen molar-refractivity contribution < 1.29 is 9.18 Å². The number of hydrogen-bond donors (Lipinski definition) is 2. The van der Waals surface area contributed by atoms with E-state index in [9.17, 15) is 4.79 Å². The molecule has 4 heterocycles. The summed E-state index contributed by atoms with van der Waals surface area (Å²) >= 11 is 6.43. The third-order valence-corrected chi connectivity index (χ3v) is 5.87. The minimum Gasteiger partial charge on any atom is -0.325 e. The largest absolute Gasteiger partial charge is 0.325 e. The van der Waals surface area contributed by atoms with Gasteiger partial charge in [0.05, 0.1) is 40.7 Å². The topological polar surface area (TPSA) is 91.7 Å². The zero-order valence-electron chi connectivity index (χ0n) is 17.4. The van der Waals surface area contributed by atoms with Crippen LogP contribution >= 0.6 is 11.6 Å². The van der Waals surface area contributed by atoms with Crippen LogP contribution in [0, 0.1) is 5.82 Å². The average Bonchev–Trinajstić information content (AvgIpc) is 3.48. The SMILES string of the molecule is Cn1cc(-c2n[nH]c3cnc(-c4c(F)cc(NC(=O)CN5CCCC5)cc4Cl)cc23)cn1. The number of carbonyl (C=O) groups is 1. The van der Waals surface area contributed by atoms with Gasteiger partial charge < -0.3 is 5.32 Å². The molecule has 3 aromatic heterocycles. The van der Waals surface area contributed by atoms with E-state index in [-0.39, 0.29) is 23.0 Å². The fraction of sp³-hybridized carbons (Fsp3) is 0.273. The number of rotatable bonds is 5. The van der Waals surface area contributed by atoms with Crippen molar-refractivity contribution in [1.82, 2.24) is 29.9 Å². The number of halogens is 2. The Bertz CT molecular complexity index is 1290. The van der Waals surface area contributed by atoms with Crippen molar-refractivity contribution in [3.05, 3.63) is 47.6 Å². The molecule has 10 heteroatoms. The summed E-state index contributed by atoms with van der Waals surface area (Å²) < 4.78 is 16.8. The molecule has 0 aliphatic carbocycles. The van der Waals surface area contributed by atoms with Gasteiger partial charge in [0.15, 0.2) is 0 Å². The number of aromatic amines is 1. The lowest BCUT2D eigenvalue weighted by molar-refractivity contribution is -0.117. The van der Waals surface area contributed by atoms with Crippen LogP contribution in [-0.4, -0.2) is 55.4 Å². The number of likely N-dealkylation sites (tertiary alicyclic amines) is 1. The molecule has 4 aromatic rings. The molecular formula is C22H21ClFN7O. The molecule has 0 bridgehead atoms. The Morgan fingerprint density at radius 3 is 2.78 bits per heavy atom. The molecule has 5 rings (SSSR count). The van der Waals surface area contributed by atoms with E-state index in [0.717, 1.165) is 42.4 Å². The molecule has 0 saturated carbocycles. The number of carbonyl (C=O) groups excluding carboxylic acids is 1. The quantitative estimate of drug-likeness (QED) is 0.479. The molecule has 0 unspecified atom stereocenters. The van der Waals surface area contributed by atoms with E-state index in [0.29, 0.717) is 17.1 Å². The Kier molecular flexibility index (Phi) is 5.36. The Balaban J connectivity index is 1.44. The number of H-pyrrole nitrogens is 1. The Labute approximate surface area is 188 Å². The molecule has 8 nitrogen and oxygen atoms in total. The molecule has 0 spiro atoms. The molecule has 32 heavy (non-hydrogen) atoms. The summed E-state index contributed by atoms with van der Waals surface area (Å²) in [6.07, 6.45) is 7.35. The second kappa shape index (κ2) is 8.33. The smallest absolute Gasteiger partial charge is 0.238 e. The summed E-state index contributed by atoms with van der Waals surface area (Å²) in [6, 6.07) is 4.56. The Hall–Kier alpha value is -3.30. The van der Waals surface area contributed by atoms with Gasteiger partial charge in [-0.15, -0.1) is 0 Å². The van der Waals surface area contributed by atoms with E-state index in [1.54, 1.807) is 29.2 Å². The number of nitrogens with zero attached hydrogens (tertiary/aromatic N) is 5. The van der Waals surface area contributed by atoms with Crippen molar-refractivity contribution in [3.63, 3.8) is 0 Å². The summed E-state index contributed by atoms with van der Waals surface area (Å²) in [6.45, 7) is 2.10. The second-order valence-electron chi connectivity index (χ2n) is 7.94. The standard InChI is InChI=1S/C22H21ClFN7O/c1-30-11-13(9-26-30)22-15-8-18(25-10-19(15)28-29-22)21-16(23)6-14(7-17(21)24)27-20(32)12-31-4-2-3-5-31/h6-11H,2-5,12H2,1H3,(H,27,32)(H,28,29). The molecule has 1 aliphatic rings. The Morgan fingerprint density at radius 1 is 1.25 bits per heavy atom. The minimum atomic E-state index is -0.563. The van der Waals surface area contributed by atoms with Gasteiger partial charge in [-0.2, -0.15) is 10.2 Å². The highest BCUT2D eigenvalue weighted by Gasteiger charge is 2.19. The fourth-order valence-corrected chi connectivity index (χ4v) is 4.36. The van der Waals surface area contributed by atoms with Crippen LogP contribution in [0.15, 0.2) is 36.8 Å². The molecule has 0 radical (unpaired) electrons. The third-order valence-electron chi connectivity index (χ3n) is 5.57. The van der Waals surface area contributed by atoms with Gasteiger partial charge in [-0.3, -0.25) is 24.5 Å². The first-order valence-electron chi connectivity index (χ1n) is 10.3. The van der Waals surface area contributed by atoms with Crippen LogP contribution in [0.4, 0.5) is 10.1 Å². The predicted molar refractivity (Wildman–Crippen MR) is 121 cm³/mol. The number of aryl methyl sites for hydroxylation is 1. The summed E-state index contributed by atoms with van der Waals surface area (Å²) in [7, 11) is 1.83. The number of aromatic nitrogens is 5. The molecule has 164 valence electrons. The number of pyridine rings is 1. The average molecular weight is 454 g/mol. The van der Waals surface area contributed by atoms with Crippen LogP contribution in [0.1, 0.15) is 12.8 Å². The van der Waals surface area contributed by atoms with Crippen LogP contribution in [0.5, 0.6) is 0 Å². The number of fused-ring (bicyclic) bond motifs is 1. The van der Waals surface area contributed by atoms with Gasteiger partial charge in [-0.25, -0.2) is 4.39 Å². The molecule has 1 amide bonds. The van der Waals surface area contributed by atoms with Crippen molar-refractivity contribution in [3.8, 4) is 22.5 Å². The first-order chi connectivity index (χ1) is 15.5. The van der Waals surface area contributed by atoms with Gasteiger partial charge in [-0.05, 0) is 44.1 Å². The molecule has 1 aliphatic heterocycles. The second-order valence-corrected chi connectivity index (χ2v) is 8.34. The van der Waals surface area contributed by atoms with E-state index in [1.165, 1.54) is 6.07 Å². The zero-order valence-corrected chi connectivity index (χ0v) is 18.2. The first kappa shape index (κ1) is 20.6. The van der Waals surface area contributed by atoms with E-state index in [2.05, 4.69) is 30.5 Å². The highest BCUT2D eigenvalue weighted by molar-refractivity contribution is 6.33. The van der Waals surface area contributed by atoms with E-state index >= 15 is 4.39 Å². The fourth-order valence-electron chi connectivity index (χ4n) is 4.05. The van der Waals surface area contributed by atoms with Crippen LogP contribution < -0.4 is 5.32 Å². The van der Waals surface area contributed by atoms with Gasteiger partial charge in [0.25, 0.3) is 0 Å². The highest BCUT2D eigenvalue weighted by Crippen LogP contribution is 2.35. The highest BCUT2D eigenvalue weighted by atomic mass is 35.5. The van der Waals surface area contributed by atoms with Crippen molar-refractivity contribution in [2.24, 2.45) is 7.05 Å². The van der Waals surface area contributed by atoms with E-state index < -0.39 is 5.82 Å². The summed E-state index contributed by atoms with van der Waals surface area (Å²) in [4.78, 5) is 18.7. The Morgan fingerprint density at radius 2 is 2.06 bits per heavy atom. The van der Waals surface area contributed by atoms with Crippen molar-refractivity contribution in [2.45, 2.75) is 12.8 Å². The number of hydrogen-bond acceptors (Lipinski definition) is 5. The number of anilines is 1. The maximum atomic E-state index is 15.1. The first-order valence-corrected chi connectivity index (χ1v) is 10.7. The van der Waals surface area contributed by atoms with Crippen LogP contribution in [-0.2, 0) is 11.8 Å². The van der Waals surface area contributed by atoms with Gasteiger partial charge in [-0.1, -0.05) is 11.6 Å². The number of nitrogens with one attached hydrogen (secondary N) is 2. The maximum Gasteiger partial charge on any atom is 0.238 e. The van der Waals surface area contributed by atoms with Crippen molar-refractivity contribution in [2.75, 3.05) is 25.0 Å². The van der Waals surface area contributed by atoms with E-state index in [1.807, 2.05) is 13.2 Å². The van der Waals surface area contributed by atoms with Crippen molar-refractivity contribution in [1.29, 1.82) is 0 Å². The molecule has 1 fully saturated rings. The summed E-state index contributed by atoms with van der Waals surface area (Å²) in [5.41, 5.74) is 3.11. The zero-order chi connectivity index (χ0) is 22.2. The maximum absolute atomic E-state index is 15.1. The third kappa shape index (κ3) is 3.96. The lowest BCUT2D eigenvalue weighted by atomic mass is 10.1. The monoisotopic (exact) mass is 453 g/mol.